The van der Waals surface area contributed by atoms with Gasteiger partial charge in [-0.05, 0) is 18.4 Å². The zero-order valence-electron chi connectivity index (χ0n) is 15.3. The van der Waals surface area contributed by atoms with E-state index in [4.69, 9.17) is 4.74 Å². The third-order valence-corrected chi connectivity index (χ3v) is 3.74. The van der Waals surface area contributed by atoms with Gasteiger partial charge in [-0.25, -0.2) is 4.39 Å². The van der Waals surface area contributed by atoms with Crippen LogP contribution >= 0.6 is 0 Å². The Hall–Kier alpha value is -1.66. The van der Waals surface area contributed by atoms with Crippen molar-refractivity contribution in [2.45, 2.75) is 39.9 Å². The van der Waals surface area contributed by atoms with Gasteiger partial charge in [-0.15, -0.1) is 0 Å². The first-order chi connectivity index (χ1) is 11.3. The van der Waals surface area contributed by atoms with Gasteiger partial charge >= 0.3 is 0 Å². The first-order valence-electron chi connectivity index (χ1n) is 8.27. The number of nitrogens with one attached hydrogen (secondary N) is 2. The lowest BCUT2D eigenvalue weighted by Crippen LogP contribution is -2.41. The van der Waals surface area contributed by atoms with Crippen LogP contribution in [0.2, 0.25) is 0 Å². The van der Waals surface area contributed by atoms with Crippen LogP contribution in [0, 0.1) is 11.2 Å². The monoisotopic (exact) mass is 339 g/mol. The molecule has 0 bridgehead atoms. The number of halogens is 1. The molecule has 1 rings (SSSR count). The molecule has 136 valence electrons. The summed E-state index contributed by atoms with van der Waals surface area (Å²) in [6.07, 6.45) is -0.972. The van der Waals surface area contributed by atoms with Gasteiger partial charge in [0.15, 0.2) is 5.96 Å². The molecule has 0 saturated heterocycles. The molecule has 0 saturated carbocycles. The van der Waals surface area contributed by atoms with Crippen LogP contribution in [0.3, 0.4) is 0 Å². The average molecular weight is 339 g/mol. The summed E-state index contributed by atoms with van der Waals surface area (Å²) in [7, 11) is 1.67. The van der Waals surface area contributed by atoms with Gasteiger partial charge in [-0.2, -0.15) is 0 Å². The van der Waals surface area contributed by atoms with Crippen LogP contribution in [0.5, 0.6) is 0 Å². The van der Waals surface area contributed by atoms with Crippen LogP contribution in [-0.2, 0) is 4.74 Å². The number of nitrogens with zero attached hydrogens (tertiary/aromatic N) is 1. The molecule has 6 heteroatoms. The second-order valence-corrected chi connectivity index (χ2v) is 6.73. The van der Waals surface area contributed by atoms with E-state index >= 15 is 0 Å². The van der Waals surface area contributed by atoms with E-state index in [1.54, 1.807) is 25.3 Å². The van der Waals surface area contributed by atoms with Crippen molar-refractivity contribution in [1.82, 2.24) is 10.6 Å². The highest BCUT2D eigenvalue weighted by Gasteiger charge is 2.24. The van der Waals surface area contributed by atoms with Crippen molar-refractivity contribution in [3.8, 4) is 0 Å². The predicted molar refractivity (Wildman–Crippen MR) is 95.6 cm³/mol. The number of aliphatic hydroxyl groups excluding tert-OH is 1. The number of aliphatic hydroxyl groups is 1. The van der Waals surface area contributed by atoms with E-state index in [1.807, 2.05) is 6.92 Å². The minimum Gasteiger partial charge on any atom is -0.386 e. The highest BCUT2D eigenvalue weighted by Crippen LogP contribution is 2.21. The predicted octanol–water partition coefficient (Wildman–Crippen LogP) is 2.48. The molecule has 1 aromatic carbocycles. The van der Waals surface area contributed by atoms with Gasteiger partial charge < -0.3 is 20.5 Å². The molecule has 0 fully saturated rings. The van der Waals surface area contributed by atoms with Crippen LogP contribution in [0.25, 0.3) is 0 Å². The summed E-state index contributed by atoms with van der Waals surface area (Å²) in [4.78, 5) is 4.50. The van der Waals surface area contributed by atoms with Crippen molar-refractivity contribution in [3.05, 3.63) is 35.6 Å². The minimum absolute atomic E-state index is 0.0237. The molecule has 0 amide bonds. The summed E-state index contributed by atoms with van der Waals surface area (Å²) in [6, 6.07) is 6.21. The lowest BCUT2D eigenvalue weighted by molar-refractivity contribution is 0.0241. The quantitative estimate of drug-likeness (QED) is 0.527. The van der Waals surface area contributed by atoms with Crippen molar-refractivity contribution in [3.63, 3.8) is 0 Å². The topological polar surface area (TPSA) is 65.9 Å². The molecule has 24 heavy (non-hydrogen) atoms. The summed E-state index contributed by atoms with van der Waals surface area (Å²) < 4.78 is 19.2. The zero-order chi connectivity index (χ0) is 18.2. The second-order valence-electron chi connectivity index (χ2n) is 6.73. The molecule has 2 unspecified atom stereocenters. The fourth-order valence-electron chi connectivity index (χ4n) is 2.27. The summed E-state index contributed by atoms with van der Waals surface area (Å²) >= 11 is 0. The van der Waals surface area contributed by atoms with E-state index in [2.05, 4.69) is 36.4 Å². The molecule has 0 aliphatic heterocycles. The summed E-state index contributed by atoms with van der Waals surface area (Å²) in [5.74, 6) is 0.153. The van der Waals surface area contributed by atoms with E-state index in [0.717, 1.165) is 0 Å². The number of methoxy groups -OCH3 is 1. The average Bonchev–Trinajstić information content (AvgIpc) is 2.51. The van der Waals surface area contributed by atoms with E-state index in [0.29, 0.717) is 19.0 Å². The normalized spacial score (nSPS) is 15.0. The molecule has 3 N–H and O–H groups in total. The number of hydrogen-bond acceptors (Lipinski definition) is 3. The van der Waals surface area contributed by atoms with Gasteiger partial charge in [-0.1, -0.05) is 39.0 Å². The van der Waals surface area contributed by atoms with Gasteiger partial charge in [0.1, 0.15) is 5.82 Å². The van der Waals surface area contributed by atoms with Gasteiger partial charge in [0.25, 0.3) is 0 Å². The molecule has 0 spiro atoms. The first-order valence-corrected chi connectivity index (χ1v) is 8.27. The summed E-state index contributed by atoms with van der Waals surface area (Å²) in [5.41, 5.74) is 0.243. The first kappa shape index (κ1) is 20.4. The smallest absolute Gasteiger partial charge is 0.191 e. The van der Waals surface area contributed by atoms with Crippen LogP contribution < -0.4 is 10.6 Å². The minimum atomic E-state index is -0.948. The Balaban J connectivity index is 2.69. The maximum absolute atomic E-state index is 13.7. The van der Waals surface area contributed by atoms with E-state index in [1.165, 1.54) is 6.07 Å². The molecular weight excluding hydrogens is 309 g/mol. The fourth-order valence-corrected chi connectivity index (χ4v) is 2.27. The number of aliphatic imine (C=N–C) groups is 1. The molecule has 0 heterocycles. The Morgan fingerprint density at radius 3 is 2.50 bits per heavy atom. The van der Waals surface area contributed by atoms with E-state index in [9.17, 15) is 9.50 Å². The third kappa shape index (κ3) is 6.45. The molecule has 0 aliphatic rings. The van der Waals surface area contributed by atoms with Crippen LogP contribution in [0.15, 0.2) is 29.3 Å². The molecule has 5 nitrogen and oxygen atoms in total. The number of hydrogen-bond donors (Lipinski definition) is 3. The Bertz CT molecular complexity index is 529. The van der Waals surface area contributed by atoms with Crippen molar-refractivity contribution < 1.29 is 14.2 Å². The van der Waals surface area contributed by atoms with Gasteiger partial charge in [0.05, 0.1) is 18.8 Å². The largest absolute Gasteiger partial charge is 0.386 e. The summed E-state index contributed by atoms with van der Waals surface area (Å²) in [6.45, 7) is 9.60. The standard InChI is InChI=1S/C18H30FN3O2/c1-6-20-17(22-12-16(24-5)18(2,3)4)21-11-15(23)13-9-7-8-10-14(13)19/h7-10,15-16,23H,6,11-12H2,1-5H3,(H2,20,21,22). The molecule has 0 radical (unpaired) electrons. The number of guanidine groups is 1. The lowest BCUT2D eigenvalue weighted by atomic mass is 9.89. The van der Waals surface area contributed by atoms with Gasteiger partial charge in [0, 0.05) is 25.8 Å². The zero-order valence-corrected chi connectivity index (χ0v) is 15.3. The third-order valence-electron chi connectivity index (χ3n) is 3.74. The van der Waals surface area contributed by atoms with Crippen LogP contribution in [0.4, 0.5) is 4.39 Å². The van der Waals surface area contributed by atoms with Crippen molar-refractivity contribution in [1.29, 1.82) is 0 Å². The number of rotatable bonds is 7. The van der Waals surface area contributed by atoms with Crippen molar-refractivity contribution in [2.75, 3.05) is 26.7 Å². The Morgan fingerprint density at radius 1 is 1.29 bits per heavy atom. The Kier molecular flexibility index (Phi) is 8.15. The summed E-state index contributed by atoms with van der Waals surface area (Å²) in [5, 5.41) is 16.3. The van der Waals surface area contributed by atoms with E-state index < -0.39 is 11.9 Å². The molecule has 2 atom stereocenters. The van der Waals surface area contributed by atoms with Crippen LogP contribution in [-0.4, -0.2) is 43.9 Å². The molecule has 0 aliphatic carbocycles. The van der Waals surface area contributed by atoms with Gasteiger partial charge in [-0.3, -0.25) is 4.99 Å². The maximum Gasteiger partial charge on any atom is 0.191 e. The SMILES string of the molecule is CCNC(=NCC(OC)C(C)(C)C)NCC(O)c1ccccc1F. The molecule has 1 aromatic rings. The highest BCUT2D eigenvalue weighted by atomic mass is 19.1. The van der Waals surface area contributed by atoms with Crippen LogP contribution in [0.1, 0.15) is 39.4 Å². The molecular formula is C18H30FN3O2. The second kappa shape index (κ2) is 9.59. The highest BCUT2D eigenvalue weighted by molar-refractivity contribution is 5.79. The fraction of sp³-hybridized carbons (Fsp3) is 0.611. The van der Waals surface area contributed by atoms with Gasteiger partial charge in [0.2, 0.25) is 0 Å². The number of ether oxygens (including phenoxy) is 1. The maximum atomic E-state index is 13.7. The number of benzene rings is 1. The van der Waals surface area contributed by atoms with E-state index in [-0.39, 0.29) is 23.6 Å². The lowest BCUT2D eigenvalue weighted by Gasteiger charge is -2.28. The molecule has 0 aromatic heterocycles. The van der Waals surface area contributed by atoms with Crippen molar-refractivity contribution >= 4 is 5.96 Å². The Labute approximate surface area is 144 Å². The van der Waals surface area contributed by atoms with Crippen molar-refractivity contribution in [2.24, 2.45) is 10.4 Å². The Morgan fingerprint density at radius 2 is 1.96 bits per heavy atom.